The Labute approximate surface area is 58.1 Å². The zero-order chi connectivity index (χ0) is 5.11. The van der Waals surface area contributed by atoms with Crippen molar-refractivity contribution in [2.75, 3.05) is 4.43 Å². The third-order valence-electron chi connectivity index (χ3n) is 1.31. The molecule has 0 bridgehead atoms. The molecule has 1 atom stereocenters. The number of rotatable bonds is 1. The fourth-order valence-corrected chi connectivity index (χ4v) is 1.56. The van der Waals surface area contributed by atoms with Gasteiger partial charge >= 0.3 is 0 Å². The van der Waals surface area contributed by atoms with Crippen molar-refractivity contribution in [1.29, 1.82) is 0 Å². The van der Waals surface area contributed by atoms with Gasteiger partial charge in [-0.2, -0.15) is 0 Å². The van der Waals surface area contributed by atoms with Gasteiger partial charge in [0, 0.05) is 4.43 Å². The average molecular weight is 208 g/mol. The van der Waals surface area contributed by atoms with Crippen LogP contribution in [0.1, 0.15) is 12.8 Å². The molecule has 0 fully saturated rings. The molecule has 0 saturated heterocycles. The minimum absolute atomic E-state index is 0.903. The summed E-state index contributed by atoms with van der Waals surface area (Å²) in [7, 11) is 0. The Kier molecular flexibility index (Phi) is 2.16. The summed E-state index contributed by atoms with van der Waals surface area (Å²) in [5.74, 6) is 0.903. The third-order valence-corrected chi connectivity index (χ3v) is 2.44. The van der Waals surface area contributed by atoms with E-state index < -0.39 is 0 Å². The molecule has 0 nitrogen and oxygen atoms in total. The molecule has 0 aromatic heterocycles. The highest BCUT2D eigenvalue weighted by Crippen LogP contribution is 2.18. The summed E-state index contributed by atoms with van der Waals surface area (Å²) in [5.41, 5.74) is 0. The Morgan fingerprint density at radius 3 is 2.86 bits per heavy atom. The number of hydrogen-bond donors (Lipinski definition) is 0. The number of allylic oxidation sites excluding steroid dienone is 2. The van der Waals surface area contributed by atoms with Crippen LogP contribution in [0.2, 0.25) is 0 Å². The van der Waals surface area contributed by atoms with Crippen LogP contribution in [0.15, 0.2) is 12.2 Å². The van der Waals surface area contributed by atoms with Gasteiger partial charge in [0.25, 0.3) is 0 Å². The third kappa shape index (κ3) is 1.44. The first kappa shape index (κ1) is 5.60. The average Bonchev–Trinajstić information content (AvgIpc) is 2.14. The normalized spacial score (nSPS) is 29.0. The second kappa shape index (κ2) is 2.70. The lowest BCUT2D eigenvalue weighted by atomic mass is 10.2. The van der Waals surface area contributed by atoms with Crippen LogP contribution in [0, 0.1) is 5.92 Å². The Bertz CT molecular complexity index is 76.2. The fourth-order valence-electron chi connectivity index (χ4n) is 0.824. The summed E-state index contributed by atoms with van der Waals surface area (Å²) in [6.07, 6.45) is 7.31. The van der Waals surface area contributed by atoms with E-state index >= 15 is 0 Å². The van der Waals surface area contributed by atoms with Gasteiger partial charge in [0.2, 0.25) is 0 Å². The topological polar surface area (TPSA) is 0 Å². The number of hydrogen-bond acceptors (Lipinski definition) is 0. The summed E-state index contributed by atoms with van der Waals surface area (Å²) in [6.45, 7) is 0. The van der Waals surface area contributed by atoms with Crippen molar-refractivity contribution < 1.29 is 0 Å². The molecule has 0 N–H and O–H groups in total. The van der Waals surface area contributed by atoms with Crippen molar-refractivity contribution in [2.24, 2.45) is 5.92 Å². The van der Waals surface area contributed by atoms with Crippen molar-refractivity contribution in [3.63, 3.8) is 0 Å². The lowest BCUT2D eigenvalue weighted by Crippen LogP contribution is -1.89. The molecule has 7 heavy (non-hydrogen) atoms. The zero-order valence-electron chi connectivity index (χ0n) is 4.23. The fraction of sp³-hybridized carbons (Fsp3) is 0.667. The molecule has 0 spiro atoms. The Morgan fingerprint density at radius 1 is 1.71 bits per heavy atom. The van der Waals surface area contributed by atoms with Gasteiger partial charge in [-0.15, -0.1) is 0 Å². The van der Waals surface area contributed by atoms with Gasteiger partial charge in [-0.25, -0.2) is 0 Å². The van der Waals surface area contributed by atoms with E-state index in [0.717, 1.165) is 5.92 Å². The first-order valence-corrected chi connectivity index (χ1v) is 4.18. The van der Waals surface area contributed by atoms with Gasteiger partial charge < -0.3 is 0 Å². The summed E-state index contributed by atoms with van der Waals surface area (Å²) in [4.78, 5) is 0. The molecule has 0 amide bonds. The quantitative estimate of drug-likeness (QED) is 0.352. The highest BCUT2D eigenvalue weighted by Gasteiger charge is 2.04. The summed E-state index contributed by atoms with van der Waals surface area (Å²) >= 11 is 2.44. The van der Waals surface area contributed by atoms with Crippen LogP contribution in [-0.4, -0.2) is 4.43 Å². The van der Waals surface area contributed by atoms with E-state index in [2.05, 4.69) is 34.7 Å². The Hall–Kier alpha value is 0.470. The molecule has 0 heterocycles. The van der Waals surface area contributed by atoms with Crippen molar-refractivity contribution in [3.8, 4) is 0 Å². The molecular formula is C6H9I. The zero-order valence-corrected chi connectivity index (χ0v) is 6.39. The van der Waals surface area contributed by atoms with Crippen LogP contribution >= 0.6 is 22.6 Å². The van der Waals surface area contributed by atoms with E-state index in [1.807, 2.05) is 0 Å². The van der Waals surface area contributed by atoms with Crippen molar-refractivity contribution in [3.05, 3.63) is 12.2 Å². The second-order valence-corrected chi connectivity index (χ2v) is 2.80. The van der Waals surface area contributed by atoms with Crippen LogP contribution in [-0.2, 0) is 0 Å². The monoisotopic (exact) mass is 208 g/mol. The van der Waals surface area contributed by atoms with Gasteiger partial charge in [-0.05, 0) is 18.8 Å². The lowest BCUT2D eigenvalue weighted by Gasteiger charge is -1.96. The van der Waals surface area contributed by atoms with Gasteiger partial charge in [-0.1, -0.05) is 34.7 Å². The minimum atomic E-state index is 0.903. The number of halogens is 1. The number of alkyl halides is 1. The van der Waals surface area contributed by atoms with Gasteiger partial charge in [-0.3, -0.25) is 0 Å². The maximum atomic E-state index is 2.44. The smallest absolute Gasteiger partial charge is 0.00584 e. The highest BCUT2D eigenvalue weighted by atomic mass is 127. The van der Waals surface area contributed by atoms with Gasteiger partial charge in [0.15, 0.2) is 0 Å². The first-order chi connectivity index (χ1) is 3.43. The Morgan fingerprint density at radius 2 is 2.57 bits per heavy atom. The van der Waals surface area contributed by atoms with Crippen LogP contribution in [0.3, 0.4) is 0 Å². The molecule has 0 unspecified atom stereocenters. The van der Waals surface area contributed by atoms with Crippen LogP contribution in [0.5, 0.6) is 0 Å². The van der Waals surface area contributed by atoms with Crippen molar-refractivity contribution in [1.82, 2.24) is 0 Å². The molecule has 0 radical (unpaired) electrons. The molecule has 40 valence electrons. The van der Waals surface area contributed by atoms with Gasteiger partial charge in [0.05, 0.1) is 0 Å². The minimum Gasteiger partial charge on any atom is -0.0882 e. The summed E-state index contributed by atoms with van der Waals surface area (Å²) < 4.78 is 1.30. The first-order valence-electron chi connectivity index (χ1n) is 2.66. The van der Waals surface area contributed by atoms with E-state index in [0.29, 0.717) is 0 Å². The molecule has 0 aromatic rings. The molecule has 1 aliphatic carbocycles. The van der Waals surface area contributed by atoms with Crippen molar-refractivity contribution in [2.45, 2.75) is 12.8 Å². The predicted molar refractivity (Wildman–Crippen MR) is 40.8 cm³/mol. The Balaban J connectivity index is 2.28. The maximum absolute atomic E-state index is 2.44. The molecule has 1 heteroatoms. The van der Waals surface area contributed by atoms with Crippen LogP contribution in [0.4, 0.5) is 0 Å². The molecular weight excluding hydrogens is 199 g/mol. The lowest BCUT2D eigenvalue weighted by molar-refractivity contribution is 0.722. The molecule has 0 saturated carbocycles. The molecule has 1 rings (SSSR count). The SMILES string of the molecule is IC[C@H]1C=CCC1. The highest BCUT2D eigenvalue weighted by molar-refractivity contribution is 14.1. The maximum Gasteiger partial charge on any atom is 0.00584 e. The summed E-state index contributed by atoms with van der Waals surface area (Å²) in [6, 6.07) is 0. The van der Waals surface area contributed by atoms with Gasteiger partial charge in [0.1, 0.15) is 0 Å². The standard InChI is InChI=1S/C6H9I/c7-5-6-3-1-2-4-6/h1,3,6H,2,4-5H2/t6-/m0/s1. The molecule has 1 aliphatic rings. The molecule has 0 aromatic carbocycles. The van der Waals surface area contributed by atoms with Crippen molar-refractivity contribution >= 4 is 22.6 Å². The predicted octanol–water partition coefficient (Wildman–Crippen LogP) is 2.39. The second-order valence-electron chi connectivity index (χ2n) is 1.92. The van der Waals surface area contributed by atoms with Crippen LogP contribution in [0.25, 0.3) is 0 Å². The van der Waals surface area contributed by atoms with E-state index in [9.17, 15) is 0 Å². The van der Waals surface area contributed by atoms with E-state index in [1.54, 1.807) is 0 Å². The van der Waals surface area contributed by atoms with E-state index in [4.69, 9.17) is 0 Å². The summed E-state index contributed by atoms with van der Waals surface area (Å²) in [5, 5.41) is 0. The van der Waals surface area contributed by atoms with Crippen LogP contribution < -0.4 is 0 Å². The van der Waals surface area contributed by atoms with E-state index in [1.165, 1.54) is 17.3 Å². The van der Waals surface area contributed by atoms with E-state index in [-0.39, 0.29) is 0 Å². The molecule has 0 aliphatic heterocycles. The largest absolute Gasteiger partial charge is 0.0882 e.